The van der Waals surface area contributed by atoms with E-state index in [4.69, 9.17) is 9.47 Å². The number of hydrogen-bond donors (Lipinski definition) is 1. The number of ether oxygens (including phenoxy) is 2. The molecule has 1 N–H and O–H groups in total. The Hall–Kier alpha value is -2.03. The predicted molar refractivity (Wildman–Crippen MR) is 88.9 cm³/mol. The molecule has 5 heteroatoms. The summed E-state index contributed by atoms with van der Waals surface area (Å²) in [5.74, 6) is 1.22. The average Bonchev–Trinajstić information content (AvgIpc) is 2.82. The van der Waals surface area contributed by atoms with Crippen molar-refractivity contribution < 1.29 is 14.6 Å². The van der Waals surface area contributed by atoms with Crippen molar-refractivity contribution in [2.45, 2.75) is 37.5 Å². The maximum Gasteiger partial charge on any atom is 0.166 e. The lowest BCUT2D eigenvalue weighted by Crippen LogP contribution is -2.51. The summed E-state index contributed by atoms with van der Waals surface area (Å²) in [6, 6.07) is 6.56. The third-order valence-electron chi connectivity index (χ3n) is 5.80. The average molecular weight is 326 g/mol. The highest BCUT2D eigenvalue weighted by Gasteiger charge is 2.60. The number of aliphatic hydroxyl groups excluding tert-OH is 1. The zero-order valence-electron chi connectivity index (χ0n) is 14.2. The molecular formula is C19H22N2O3. The molecule has 1 spiro atoms. The highest BCUT2D eigenvalue weighted by atomic mass is 16.5. The fourth-order valence-corrected chi connectivity index (χ4v) is 4.89. The maximum atomic E-state index is 10.2. The normalized spacial score (nSPS) is 34.3. The van der Waals surface area contributed by atoms with E-state index in [-0.39, 0.29) is 12.0 Å². The lowest BCUT2D eigenvalue weighted by Gasteiger charge is -2.42. The van der Waals surface area contributed by atoms with Crippen molar-refractivity contribution >= 4 is 0 Å². The molecule has 4 rings (SSSR count). The highest BCUT2D eigenvalue weighted by molar-refractivity contribution is 5.63. The molecular weight excluding hydrogens is 304 g/mol. The van der Waals surface area contributed by atoms with E-state index in [2.05, 4.69) is 17.0 Å². The molecule has 0 aromatic heterocycles. The zero-order valence-corrected chi connectivity index (χ0v) is 14.2. The van der Waals surface area contributed by atoms with E-state index >= 15 is 0 Å². The summed E-state index contributed by atoms with van der Waals surface area (Å²) in [6.45, 7) is 3.47. The van der Waals surface area contributed by atoms with Gasteiger partial charge >= 0.3 is 0 Å². The fourth-order valence-electron chi connectivity index (χ4n) is 4.89. The molecule has 1 unspecified atom stereocenters. The van der Waals surface area contributed by atoms with Crippen molar-refractivity contribution in [3.63, 3.8) is 0 Å². The summed E-state index contributed by atoms with van der Waals surface area (Å²) in [6.07, 6.45) is 1.62. The van der Waals surface area contributed by atoms with Gasteiger partial charge in [-0.15, -0.1) is 0 Å². The first kappa shape index (κ1) is 15.5. The van der Waals surface area contributed by atoms with Gasteiger partial charge in [0.1, 0.15) is 6.10 Å². The van der Waals surface area contributed by atoms with Crippen molar-refractivity contribution in [3.05, 3.63) is 34.9 Å². The molecule has 1 aliphatic carbocycles. The van der Waals surface area contributed by atoms with Crippen molar-refractivity contribution in [2.24, 2.45) is 5.92 Å². The molecule has 1 aromatic carbocycles. The first-order valence-corrected chi connectivity index (χ1v) is 8.34. The second-order valence-corrected chi connectivity index (χ2v) is 7.14. The summed E-state index contributed by atoms with van der Waals surface area (Å²) in [4.78, 5) is 2.19. The third kappa shape index (κ3) is 1.81. The van der Waals surface area contributed by atoms with Crippen LogP contribution < -0.4 is 9.47 Å². The van der Waals surface area contributed by atoms with Crippen LogP contribution in [0.5, 0.6) is 11.5 Å². The Morgan fingerprint density at radius 1 is 1.46 bits per heavy atom. The molecule has 0 bridgehead atoms. The molecule has 2 heterocycles. The molecule has 2 aliphatic heterocycles. The Balaban J connectivity index is 2.07. The first-order valence-electron chi connectivity index (χ1n) is 8.34. The molecule has 0 saturated carbocycles. The topological polar surface area (TPSA) is 65.7 Å². The van der Waals surface area contributed by atoms with Crippen molar-refractivity contribution in [3.8, 4) is 17.6 Å². The minimum atomic E-state index is -0.537. The predicted octanol–water partition coefficient (Wildman–Crippen LogP) is 1.99. The number of hydrogen-bond acceptors (Lipinski definition) is 5. The standard InChI is InChI=1S/C19H22N2O3/c1-11-6-14(22)7-16-19(11)13(8-20)10-21(2)9-12-4-5-15(23-3)18(24-16)17(12)19/h4-6,13-14,16,22H,7,9-10H2,1-3H3/t13?,14-,16-,19-/m0/s1. The van der Waals surface area contributed by atoms with Gasteiger partial charge in [-0.05, 0) is 25.6 Å². The largest absolute Gasteiger partial charge is 0.493 e. The number of rotatable bonds is 1. The van der Waals surface area contributed by atoms with E-state index in [0.717, 1.165) is 23.4 Å². The van der Waals surface area contributed by atoms with Gasteiger partial charge in [-0.25, -0.2) is 0 Å². The van der Waals surface area contributed by atoms with Crippen LogP contribution in [0, 0.1) is 17.2 Å². The van der Waals surface area contributed by atoms with Gasteiger partial charge < -0.3 is 19.5 Å². The van der Waals surface area contributed by atoms with Crippen molar-refractivity contribution in [2.75, 3.05) is 20.7 Å². The fraction of sp³-hybridized carbons (Fsp3) is 0.526. The Kier molecular flexibility index (Phi) is 3.38. The van der Waals surface area contributed by atoms with Crippen LogP contribution in [0.4, 0.5) is 0 Å². The second-order valence-electron chi connectivity index (χ2n) is 7.14. The molecule has 5 nitrogen and oxygen atoms in total. The minimum absolute atomic E-state index is 0.231. The van der Waals surface area contributed by atoms with Crippen LogP contribution in [0.1, 0.15) is 24.5 Å². The summed E-state index contributed by atoms with van der Waals surface area (Å²) in [5.41, 5.74) is 2.79. The van der Waals surface area contributed by atoms with E-state index in [9.17, 15) is 10.4 Å². The van der Waals surface area contributed by atoms with Crippen LogP contribution in [-0.4, -0.2) is 42.9 Å². The molecule has 4 atom stereocenters. The number of methoxy groups -OCH3 is 1. The van der Waals surface area contributed by atoms with Gasteiger partial charge in [0.25, 0.3) is 0 Å². The number of aliphatic hydroxyl groups is 1. The van der Waals surface area contributed by atoms with E-state index in [1.807, 2.05) is 26.1 Å². The van der Waals surface area contributed by atoms with Gasteiger partial charge in [0.2, 0.25) is 0 Å². The lowest BCUT2D eigenvalue weighted by atomic mass is 9.60. The van der Waals surface area contributed by atoms with E-state index in [1.165, 1.54) is 5.56 Å². The summed E-state index contributed by atoms with van der Waals surface area (Å²) >= 11 is 0. The second kappa shape index (κ2) is 5.23. The summed E-state index contributed by atoms with van der Waals surface area (Å²) in [7, 11) is 3.68. The third-order valence-corrected chi connectivity index (χ3v) is 5.80. The van der Waals surface area contributed by atoms with Crippen LogP contribution in [-0.2, 0) is 12.0 Å². The number of nitrogens with zero attached hydrogens (tertiary/aromatic N) is 2. The molecule has 0 radical (unpaired) electrons. The van der Waals surface area contributed by atoms with Crippen LogP contribution >= 0.6 is 0 Å². The van der Waals surface area contributed by atoms with Gasteiger partial charge in [0.15, 0.2) is 11.5 Å². The van der Waals surface area contributed by atoms with E-state index in [0.29, 0.717) is 18.7 Å². The van der Waals surface area contributed by atoms with Gasteiger partial charge in [-0.2, -0.15) is 5.26 Å². The van der Waals surface area contributed by atoms with Crippen LogP contribution in [0.3, 0.4) is 0 Å². The maximum absolute atomic E-state index is 10.2. The SMILES string of the molecule is COc1ccc2c3c1O[C@H]1C[C@@H](O)C=C(C)[C@@]31C(C#N)CN(C)C2. The van der Waals surface area contributed by atoms with Gasteiger partial charge in [0.05, 0.1) is 30.6 Å². The molecule has 0 amide bonds. The van der Waals surface area contributed by atoms with Gasteiger partial charge in [-0.3, -0.25) is 0 Å². The summed E-state index contributed by atoms with van der Waals surface area (Å²) in [5, 5.41) is 20.2. The van der Waals surface area contributed by atoms with Gasteiger partial charge in [-0.1, -0.05) is 17.7 Å². The van der Waals surface area contributed by atoms with Crippen LogP contribution in [0.25, 0.3) is 0 Å². The minimum Gasteiger partial charge on any atom is -0.493 e. The van der Waals surface area contributed by atoms with Crippen molar-refractivity contribution in [1.29, 1.82) is 5.26 Å². The molecule has 24 heavy (non-hydrogen) atoms. The quantitative estimate of drug-likeness (QED) is 0.800. The molecule has 0 saturated heterocycles. The Bertz CT molecular complexity index is 767. The smallest absolute Gasteiger partial charge is 0.166 e. The van der Waals surface area contributed by atoms with Crippen LogP contribution in [0.2, 0.25) is 0 Å². The zero-order chi connectivity index (χ0) is 17.1. The molecule has 1 aromatic rings. The highest BCUT2D eigenvalue weighted by Crippen LogP contribution is 2.59. The Labute approximate surface area is 142 Å². The Morgan fingerprint density at radius 3 is 2.96 bits per heavy atom. The lowest BCUT2D eigenvalue weighted by molar-refractivity contribution is 0.0630. The molecule has 0 fully saturated rings. The van der Waals surface area contributed by atoms with E-state index < -0.39 is 11.5 Å². The number of benzene rings is 1. The van der Waals surface area contributed by atoms with E-state index in [1.54, 1.807) is 7.11 Å². The van der Waals surface area contributed by atoms with Crippen molar-refractivity contribution in [1.82, 2.24) is 4.90 Å². The Morgan fingerprint density at radius 2 is 2.25 bits per heavy atom. The molecule has 3 aliphatic rings. The van der Waals surface area contributed by atoms with Gasteiger partial charge in [0, 0.05) is 25.1 Å². The van der Waals surface area contributed by atoms with Crippen LogP contribution in [0.15, 0.2) is 23.8 Å². The number of nitriles is 1. The first-order chi connectivity index (χ1) is 11.5. The summed E-state index contributed by atoms with van der Waals surface area (Å²) < 4.78 is 11.8. The monoisotopic (exact) mass is 326 g/mol. The molecule has 126 valence electrons.